The molecular formula is C2H3BrO2. The molecule has 0 aliphatic rings. The molecule has 0 atom stereocenters. The van der Waals surface area contributed by atoms with Gasteiger partial charge in [0.2, 0.25) is 0 Å². The molecule has 0 spiro atoms. The maximum Gasteiger partial charge on any atom is 0.314 e. The summed E-state index contributed by atoms with van der Waals surface area (Å²) in [6, 6.07) is 0. The van der Waals surface area contributed by atoms with Crippen LogP contribution in [-0.4, -0.2) is 5.97 Å². The number of hydrogen-bond acceptors (Lipinski definition) is 2. The molecule has 3 heteroatoms. The molecule has 0 N–H and O–H groups in total. The summed E-state index contributed by atoms with van der Waals surface area (Å²) in [6.45, 7) is 1.31. The van der Waals surface area contributed by atoms with Gasteiger partial charge in [0.15, 0.2) is 16.3 Å². The van der Waals surface area contributed by atoms with Crippen molar-refractivity contribution in [2.45, 2.75) is 6.92 Å². The van der Waals surface area contributed by atoms with Gasteiger partial charge in [-0.3, -0.25) is 4.79 Å². The van der Waals surface area contributed by atoms with Crippen LogP contribution in [0, 0.1) is 0 Å². The lowest BCUT2D eigenvalue weighted by molar-refractivity contribution is -0.129. The van der Waals surface area contributed by atoms with Crippen LogP contribution in [0.15, 0.2) is 0 Å². The maximum atomic E-state index is 9.54. The fourth-order valence-corrected chi connectivity index (χ4v) is 0. The third-order valence-electron chi connectivity index (χ3n) is 0.109. The zero-order valence-corrected chi connectivity index (χ0v) is 4.28. The van der Waals surface area contributed by atoms with Crippen LogP contribution >= 0.6 is 16.3 Å². The second kappa shape index (κ2) is 2.20. The molecule has 0 aromatic heterocycles. The second-order valence-electron chi connectivity index (χ2n) is 0.569. The van der Waals surface area contributed by atoms with Crippen molar-refractivity contribution in [3.05, 3.63) is 0 Å². The van der Waals surface area contributed by atoms with Crippen molar-refractivity contribution in [2.75, 3.05) is 0 Å². The van der Waals surface area contributed by atoms with E-state index in [1.165, 1.54) is 6.92 Å². The highest BCUT2D eigenvalue weighted by Crippen LogP contribution is 1.80. The lowest BCUT2D eigenvalue weighted by atomic mass is 10.9. The molecule has 0 aromatic rings. The van der Waals surface area contributed by atoms with Gasteiger partial charge in [0.25, 0.3) is 0 Å². The van der Waals surface area contributed by atoms with E-state index in [1.807, 2.05) is 0 Å². The molecule has 0 aliphatic carbocycles. The Morgan fingerprint density at radius 3 is 2.20 bits per heavy atom. The SMILES string of the molecule is CC(=O)OBr. The van der Waals surface area contributed by atoms with Crippen LogP contribution in [0.3, 0.4) is 0 Å². The van der Waals surface area contributed by atoms with Crippen LogP contribution in [0.25, 0.3) is 0 Å². The fraction of sp³-hybridized carbons (Fsp3) is 0.500. The summed E-state index contributed by atoms with van der Waals surface area (Å²) in [5.74, 6) is -0.329. The largest absolute Gasteiger partial charge is 0.384 e. The van der Waals surface area contributed by atoms with Gasteiger partial charge in [-0.2, -0.15) is 0 Å². The van der Waals surface area contributed by atoms with Crippen LogP contribution in [0.2, 0.25) is 0 Å². The number of hydrogen-bond donors (Lipinski definition) is 0. The number of rotatable bonds is 0. The van der Waals surface area contributed by atoms with E-state index in [0.29, 0.717) is 0 Å². The van der Waals surface area contributed by atoms with E-state index in [-0.39, 0.29) is 5.97 Å². The second-order valence-corrected chi connectivity index (χ2v) is 0.892. The van der Waals surface area contributed by atoms with E-state index in [1.54, 1.807) is 0 Å². The molecule has 0 fully saturated rings. The summed E-state index contributed by atoms with van der Waals surface area (Å²) in [6.07, 6.45) is 0. The first kappa shape index (κ1) is 4.95. The van der Waals surface area contributed by atoms with Gasteiger partial charge in [-0.1, -0.05) is 0 Å². The molecule has 0 bridgehead atoms. The van der Waals surface area contributed by atoms with E-state index in [9.17, 15) is 4.79 Å². The lowest BCUT2D eigenvalue weighted by Gasteiger charge is -1.75. The summed E-state index contributed by atoms with van der Waals surface area (Å²) in [5, 5.41) is 0. The van der Waals surface area contributed by atoms with Crippen molar-refractivity contribution >= 4 is 22.2 Å². The first-order valence-electron chi connectivity index (χ1n) is 1.06. The average Bonchev–Trinajstić information content (AvgIpc) is 1.38. The third-order valence-corrected chi connectivity index (χ3v) is 0.565. The summed E-state index contributed by atoms with van der Waals surface area (Å²) < 4.78 is 3.92. The van der Waals surface area contributed by atoms with Gasteiger partial charge in [-0.05, 0) is 0 Å². The van der Waals surface area contributed by atoms with Gasteiger partial charge in [-0.25, -0.2) is 0 Å². The van der Waals surface area contributed by atoms with E-state index < -0.39 is 0 Å². The summed E-state index contributed by atoms with van der Waals surface area (Å²) in [4.78, 5) is 9.54. The molecule has 0 rings (SSSR count). The van der Waals surface area contributed by atoms with Crippen molar-refractivity contribution in [1.82, 2.24) is 0 Å². The minimum atomic E-state index is -0.329. The van der Waals surface area contributed by atoms with Crippen LogP contribution in [-0.2, 0) is 8.62 Å². The zero-order chi connectivity index (χ0) is 4.28. The Hall–Kier alpha value is -0.0500. The number of halogens is 1. The molecule has 0 unspecified atom stereocenters. The Bertz CT molecular complexity index is 42.9. The highest BCUT2D eigenvalue weighted by atomic mass is 79.9. The molecule has 0 saturated carbocycles. The minimum absolute atomic E-state index is 0.329. The quantitative estimate of drug-likeness (QED) is 0.497. The molecule has 0 radical (unpaired) electrons. The number of carbonyl (C=O) groups is 1. The first-order valence-corrected chi connectivity index (χ1v) is 1.71. The number of carbonyl (C=O) groups excluding carboxylic acids is 1. The fourth-order valence-electron chi connectivity index (χ4n) is 0. The van der Waals surface area contributed by atoms with Gasteiger partial charge in [0, 0.05) is 6.92 Å². The third kappa shape index (κ3) is 3.95. The Kier molecular flexibility index (Phi) is 2.18. The van der Waals surface area contributed by atoms with Gasteiger partial charge < -0.3 is 3.83 Å². The monoisotopic (exact) mass is 138 g/mol. The van der Waals surface area contributed by atoms with Gasteiger partial charge in [0.05, 0.1) is 0 Å². The van der Waals surface area contributed by atoms with Crippen molar-refractivity contribution in [1.29, 1.82) is 0 Å². The van der Waals surface area contributed by atoms with Gasteiger partial charge in [0.1, 0.15) is 0 Å². The average molecular weight is 139 g/mol. The van der Waals surface area contributed by atoms with Crippen LogP contribution in [0.5, 0.6) is 0 Å². The van der Waals surface area contributed by atoms with Crippen LogP contribution < -0.4 is 0 Å². The van der Waals surface area contributed by atoms with Crippen molar-refractivity contribution in [3.63, 3.8) is 0 Å². The van der Waals surface area contributed by atoms with Crippen molar-refractivity contribution in [2.24, 2.45) is 0 Å². The van der Waals surface area contributed by atoms with E-state index in [4.69, 9.17) is 0 Å². The molecule has 0 aromatic carbocycles. The summed E-state index contributed by atoms with van der Waals surface area (Å²) in [7, 11) is 0. The minimum Gasteiger partial charge on any atom is -0.384 e. The predicted octanol–water partition coefficient (Wildman–Crippen LogP) is 0.859. The van der Waals surface area contributed by atoms with E-state index in [0.717, 1.165) is 0 Å². The predicted molar refractivity (Wildman–Crippen MR) is 20.7 cm³/mol. The van der Waals surface area contributed by atoms with E-state index >= 15 is 0 Å². The Labute approximate surface area is 38.6 Å². The first-order chi connectivity index (χ1) is 2.27. The molecule has 0 amide bonds. The molecule has 5 heavy (non-hydrogen) atoms. The molecule has 0 saturated heterocycles. The molecular weight excluding hydrogens is 136 g/mol. The standard InChI is InChI=1S/C2H3BrO2/c1-2(4)5-3/h1H3. The van der Waals surface area contributed by atoms with Crippen molar-refractivity contribution < 1.29 is 8.62 Å². The van der Waals surface area contributed by atoms with Gasteiger partial charge >= 0.3 is 5.97 Å². The van der Waals surface area contributed by atoms with Crippen LogP contribution in [0.4, 0.5) is 0 Å². The Morgan fingerprint density at radius 2 is 2.20 bits per heavy atom. The molecule has 0 aliphatic heterocycles. The highest BCUT2D eigenvalue weighted by Gasteiger charge is 1.78. The smallest absolute Gasteiger partial charge is 0.314 e. The zero-order valence-electron chi connectivity index (χ0n) is 2.69. The van der Waals surface area contributed by atoms with Crippen molar-refractivity contribution in [3.8, 4) is 0 Å². The van der Waals surface area contributed by atoms with E-state index in [2.05, 4.69) is 20.1 Å². The molecule has 0 heterocycles. The van der Waals surface area contributed by atoms with Gasteiger partial charge in [-0.15, -0.1) is 0 Å². The summed E-state index contributed by atoms with van der Waals surface area (Å²) >= 11 is 2.46. The Morgan fingerprint density at radius 1 is 2.00 bits per heavy atom. The normalized spacial score (nSPS) is 6.80. The highest BCUT2D eigenvalue weighted by molar-refractivity contribution is 9.06. The topological polar surface area (TPSA) is 26.3 Å². The van der Waals surface area contributed by atoms with Crippen LogP contribution in [0.1, 0.15) is 6.92 Å². The molecule has 2 nitrogen and oxygen atoms in total. The molecule has 30 valence electrons. The maximum absolute atomic E-state index is 9.54. The Balaban J connectivity index is 2.85. The lowest BCUT2D eigenvalue weighted by Crippen LogP contribution is -1.82. The summed E-state index contributed by atoms with van der Waals surface area (Å²) in [5.41, 5.74) is 0.